The van der Waals surface area contributed by atoms with Gasteiger partial charge in [0.25, 0.3) is 0 Å². The van der Waals surface area contributed by atoms with Crippen LogP contribution in [0.1, 0.15) is 60.8 Å². The van der Waals surface area contributed by atoms with E-state index in [1.165, 1.54) is 6.42 Å². The molecular weight excluding hydrogens is 210 g/mol. The van der Waals surface area contributed by atoms with Crippen molar-refractivity contribution in [2.24, 2.45) is 10.8 Å². The fourth-order valence-electron chi connectivity index (χ4n) is 2.28. The number of nitrogens with zero attached hydrogens (tertiary/aromatic N) is 1. The van der Waals surface area contributed by atoms with Gasteiger partial charge in [-0.05, 0) is 37.3 Å². The molecule has 0 bridgehead atoms. The maximum absolute atomic E-state index is 10.4. The van der Waals surface area contributed by atoms with E-state index in [9.17, 15) is 4.79 Å². The molecule has 0 spiro atoms. The third kappa shape index (κ3) is 7.54. The smallest absolute Gasteiger partial charge is 0.120 e. The second-order valence-electron chi connectivity index (χ2n) is 7.44. The van der Waals surface area contributed by atoms with E-state index in [1.807, 2.05) is 0 Å². The number of hydrogen-bond donors (Lipinski definition) is 0. The summed E-state index contributed by atoms with van der Waals surface area (Å²) in [6.45, 7) is 14.8. The molecular formula is C15H31NO. The number of carbonyl (C=O) groups is 1. The first-order chi connectivity index (χ1) is 7.58. The van der Waals surface area contributed by atoms with Crippen LogP contribution in [0.4, 0.5) is 0 Å². The third-order valence-electron chi connectivity index (χ3n) is 3.17. The molecule has 17 heavy (non-hydrogen) atoms. The van der Waals surface area contributed by atoms with Crippen molar-refractivity contribution >= 4 is 6.29 Å². The van der Waals surface area contributed by atoms with Crippen molar-refractivity contribution in [1.82, 2.24) is 4.90 Å². The monoisotopic (exact) mass is 241 g/mol. The zero-order valence-electron chi connectivity index (χ0n) is 12.8. The summed E-state index contributed by atoms with van der Waals surface area (Å²) >= 11 is 0. The second kappa shape index (κ2) is 6.53. The van der Waals surface area contributed by atoms with Gasteiger partial charge in [0, 0.05) is 12.5 Å². The van der Waals surface area contributed by atoms with E-state index in [2.05, 4.69) is 53.5 Å². The standard InChI is InChI=1S/C15H31NO/c1-14(2,3)12-13(15(4,5)6)16(7)10-8-9-11-17/h11,13H,8-10,12H2,1-7H3. The summed E-state index contributed by atoms with van der Waals surface area (Å²) in [7, 11) is 2.19. The summed E-state index contributed by atoms with van der Waals surface area (Å²) in [6, 6.07) is 0.564. The molecule has 0 fully saturated rings. The molecule has 0 aromatic carbocycles. The predicted octanol–water partition coefficient (Wildman–Crippen LogP) is 3.75. The minimum Gasteiger partial charge on any atom is -0.303 e. The summed E-state index contributed by atoms with van der Waals surface area (Å²) in [4.78, 5) is 12.8. The van der Waals surface area contributed by atoms with Crippen LogP contribution in [0, 0.1) is 10.8 Å². The fourth-order valence-corrected chi connectivity index (χ4v) is 2.28. The Kier molecular flexibility index (Phi) is 6.39. The van der Waals surface area contributed by atoms with Crippen molar-refractivity contribution in [3.63, 3.8) is 0 Å². The van der Waals surface area contributed by atoms with Crippen molar-refractivity contribution in [1.29, 1.82) is 0 Å². The summed E-state index contributed by atoms with van der Waals surface area (Å²) in [6.07, 6.45) is 3.85. The SMILES string of the molecule is CN(CCCC=O)C(CC(C)(C)C)C(C)(C)C. The Balaban J connectivity index is 4.52. The van der Waals surface area contributed by atoms with Gasteiger partial charge in [0.1, 0.15) is 6.29 Å². The molecule has 0 saturated heterocycles. The number of hydrogen-bond acceptors (Lipinski definition) is 2. The highest BCUT2D eigenvalue weighted by Crippen LogP contribution is 2.33. The van der Waals surface area contributed by atoms with Gasteiger partial charge in [-0.1, -0.05) is 41.5 Å². The summed E-state index contributed by atoms with van der Waals surface area (Å²) in [5.41, 5.74) is 0.625. The summed E-state index contributed by atoms with van der Waals surface area (Å²) < 4.78 is 0. The van der Waals surface area contributed by atoms with Crippen molar-refractivity contribution in [3.8, 4) is 0 Å². The third-order valence-corrected chi connectivity index (χ3v) is 3.17. The van der Waals surface area contributed by atoms with Crippen molar-refractivity contribution in [2.75, 3.05) is 13.6 Å². The Morgan fingerprint density at radius 3 is 2.00 bits per heavy atom. The zero-order chi connectivity index (χ0) is 13.7. The lowest BCUT2D eigenvalue weighted by Gasteiger charge is -2.41. The molecule has 0 aliphatic heterocycles. The van der Waals surface area contributed by atoms with Crippen molar-refractivity contribution in [3.05, 3.63) is 0 Å². The first kappa shape index (κ1) is 16.6. The molecule has 2 nitrogen and oxygen atoms in total. The lowest BCUT2D eigenvalue weighted by Crippen LogP contribution is -2.44. The van der Waals surface area contributed by atoms with E-state index in [0.29, 0.717) is 17.9 Å². The minimum absolute atomic E-state index is 0.281. The van der Waals surface area contributed by atoms with Crippen LogP contribution in [0.3, 0.4) is 0 Å². The Labute approximate surface area is 108 Å². The quantitative estimate of drug-likeness (QED) is 0.521. The van der Waals surface area contributed by atoms with E-state index in [-0.39, 0.29) is 5.41 Å². The lowest BCUT2D eigenvalue weighted by molar-refractivity contribution is -0.108. The molecule has 0 aliphatic carbocycles. The van der Waals surface area contributed by atoms with Crippen LogP contribution in [0.2, 0.25) is 0 Å². The topological polar surface area (TPSA) is 20.3 Å². The molecule has 0 aromatic heterocycles. The molecule has 0 amide bonds. The highest BCUT2D eigenvalue weighted by molar-refractivity contribution is 5.48. The summed E-state index contributed by atoms with van der Waals surface area (Å²) in [5.74, 6) is 0. The normalized spacial score (nSPS) is 15.1. The van der Waals surface area contributed by atoms with E-state index < -0.39 is 0 Å². The Morgan fingerprint density at radius 2 is 1.65 bits per heavy atom. The minimum atomic E-state index is 0.281. The fraction of sp³-hybridized carbons (Fsp3) is 0.933. The summed E-state index contributed by atoms with van der Waals surface area (Å²) in [5, 5.41) is 0. The Morgan fingerprint density at radius 1 is 1.12 bits per heavy atom. The maximum Gasteiger partial charge on any atom is 0.120 e. The average molecular weight is 241 g/mol. The molecule has 0 heterocycles. The molecule has 0 saturated carbocycles. The molecule has 2 heteroatoms. The molecule has 0 N–H and O–H groups in total. The number of rotatable bonds is 6. The second-order valence-corrected chi connectivity index (χ2v) is 7.44. The van der Waals surface area contributed by atoms with Gasteiger partial charge in [0.05, 0.1) is 0 Å². The molecule has 0 aromatic rings. The van der Waals surface area contributed by atoms with E-state index in [4.69, 9.17) is 0 Å². The van der Waals surface area contributed by atoms with Gasteiger partial charge < -0.3 is 9.69 Å². The van der Waals surface area contributed by atoms with Gasteiger partial charge in [0.2, 0.25) is 0 Å². The zero-order valence-corrected chi connectivity index (χ0v) is 12.8. The predicted molar refractivity (Wildman–Crippen MR) is 75.2 cm³/mol. The number of aldehydes is 1. The molecule has 1 unspecified atom stereocenters. The average Bonchev–Trinajstić information content (AvgIpc) is 2.11. The Bertz CT molecular complexity index is 222. The van der Waals surface area contributed by atoms with Crippen LogP contribution in [0.15, 0.2) is 0 Å². The largest absolute Gasteiger partial charge is 0.303 e. The van der Waals surface area contributed by atoms with Crippen LogP contribution in [0.5, 0.6) is 0 Å². The van der Waals surface area contributed by atoms with Crippen molar-refractivity contribution in [2.45, 2.75) is 66.8 Å². The highest BCUT2D eigenvalue weighted by atomic mass is 16.1. The van der Waals surface area contributed by atoms with E-state index in [1.54, 1.807) is 0 Å². The van der Waals surface area contributed by atoms with Crippen LogP contribution in [-0.4, -0.2) is 30.8 Å². The lowest BCUT2D eigenvalue weighted by atomic mass is 9.76. The maximum atomic E-state index is 10.4. The van der Waals surface area contributed by atoms with Gasteiger partial charge in [-0.2, -0.15) is 0 Å². The van der Waals surface area contributed by atoms with Gasteiger partial charge in [-0.25, -0.2) is 0 Å². The van der Waals surface area contributed by atoms with Gasteiger partial charge in [-0.15, -0.1) is 0 Å². The molecule has 0 aliphatic rings. The molecule has 0 radical (unpaired) electrons. The first-order valence-corrected chi connectivity index (χ1v) is 6.72. The molecule has 0 rings (SSSR count). The van der Waals surface area contributed by atoms with Crippen molar-refractivity contribution < 1.29 is 4.79 Å². The molecule has 1 atom stereocenters. The van der Waals surface area contributed by atoms with Gasteiger partial charge in [0.15, 0.2) is 0 Å². The first-order valence-electron chi connectivity index (χ1n) is 6.72. The van der Waals surface area contributed by atoms with Gasteiger partial charge in [-0.3, -0.25) is 0 Å². The number of unbranched alkanes of at least 4 members (excludes halogenated alkanes) is 1. The van der Waals surface area contributed by atoms with E-state index in [0.717, 1.165) is 19.3 Å². The van der Waals surface area contributed by atoms with Crippen LogP contribution >= 0.6 is 0 Å². The number of carbonyl (C=O) groups excluding carboxylic acids is 1. The van der Waals surface area contributed by atoms with Crippen LogP contribution in [0.25, 0.3) is 0 Å². The van der Waals surface area contributed by atoms with Crippen LogP contribution in [-0.2, 0) is 4.79 Å². The molecule has 102 valence electrons. The van der Waals surface area contributed by atoms with E-state index >= 15 is 0 Å². The Hall–Kier alpha value is -0.370. The van der Waals surface area contributed by atoms with Gasteiger partial charge >= 0.3 is 0 Å². The highest BCUT2D eigenvalue weighted by Gasteiger charge is 2.31. The van der Waals surface area contributed by atoms with Crippen LogP contribution < -0.4 is 0 Å².